The first-order valence-corrected chi connectivity index (χ1v) is 13.0. The van der Waals surface area contributed by atoms with Crippen molar-refractivity contribution in [3.8, 4) is 0 Å². The van der Waals surface area contributed by atoms with Crippen LogP contribution in [0.5, 0.6) is 0 Å². The third-order valence-electron chi connectivity index (χ3n) is 6.70. The van der Waals surface area contributed by atoms with Gasteiger partial charge in [0.1, 0.15) is 10.7 Å². The first-order chi connectivity index (χ1) is 15.4. The predicted octanol–water partition coefficient (Wildman–Crippen LogP) is 4.49. The lowest BCUT2D eigenvalue weighted by Crippen LogP contribution is -2.39. The SMILES string of the molecule is O=C(c1ccc(F)c(S(=O)(=O)N2CCCCC2)c1)N1CCC(CCc2ccccc2)CC1. The zero-order chi connectivity index (χ0) is 22.6. The Labute approximate surface area is 190 Å². The van der Waals surface area contributed by atoms with Crippen LogP contribution in [0.3, 0.4) is 0 Å². The second-order valence-corrected chi connectivity index (χ2v) is 10.8. The Hall–Kier alpha value is -2.25. The highest BCUT2D eigenvalue weighted by Gasteiger charge is 2.30. The van der Waals surface area contributed by atoms with Gasteiger partial charge < -0.3 is 4.90 Å². The smallest absolute Gasteiger partial charge is 0.253 e. The number of hydrogen-bond donors (Lipinski definition) is 0. The summed E-state index contributed by atoms with van der Waals surface area (Å²) in [4.78, 5) is 14.4. The van der Waals surface area contributed by atoms with Gasteiger partial charge in [0.05, 0.1) is 0 Å². The van der Waals surface area contributed by atoms with Crippen LogP contribution in [0.2, 0.25) is 0 Å². The summed E-state index contributed by atoms with van der Waals surface area (Å²) in [6.07, 6.45) is 6.53. The Kier molecular flexibility index (Phi) is 7.26. The minimum atomic E-state index is -3.93. The summed E-state index contributed by atoms with van der Waals surface area (Å²) in [5.41, 5.74) is 1.57. The molecule has 2 aliphatic rings. The van der Waals surface area contributed by atoms with E-state index in [9.17, 15) is 17.6 Å². The highest BCUT2D eigenvalue weighted by atomic mass is 32.2. The zero-order valence-corrected chi connectivity index (χ0v) is 19.2. The van der Waals surface area contributed by atoms with Gasteiger partial charge in [-0.1, -0.05) is 36.8 Å². The first-order valence-electron chi connectivity index (χ1n) is 11.6. The Morgan fingerprint density at radius 1 is 0.938 bits per heavy atom. The van der Waals surface area contributed by atoms with E-state index in [0.29, 0.717) is 32.1 Å². The summed E-state index contributed by atoms with van der Waals surface area (Å²) in [7, 11) is -3.93. The van der Waals surface area contributed by atoms with Gasteiger partial charge in [-0.25, -0.2) is 12.8 Å². The van der Waals surface area contributed by atoms with Crippen LogP contribution < -0.4 is 0 Å². The fourth-order valence-corrected chi connectivity index (χ4v) is 6.31. The van der Waals surface area contributed by atoms with Gasteiger partial charge in [0, 0.05) is 31.7 Å². The molecule has 0 atom stereocenters. The van der Waals surface area contributed by atoms with Gasteiger partial charge in [-0.2, -0.15) is 4.31 Å². The van der Waals surface area contributed by atoms with Crippen molar-refractivity contribution >= 4 is 15.9 Å². The second-order valence-electron chi connectivity index (χ2n) is 8.87. The molecule has 2 heterocycles. The Morgan fingerprint density at radius 2 is 1.62 bits per heavy atom. The molecule has 2 aromatic carbocycles. The van der Waals surface area contributed by atoms with E-state index in [1.54, 1.807) is 4.90 Å². The maximum atomic E-state index is 14.5. The molecule has 32 heavy (non-hydrogen) atoms. The molecule has 0 N–H and O–H groups in total. The lowest BCUT2D eigenvalue weighted by molar-refractivity contribution is 0.0686. The molecule has 2 fully saturated rings. The van der Waals surface area contributed by atoms with E-state index < -0.39 is 15.8 Å². The van der Waals surface area contributed by atoms with Crippen molar-refractivity contribution < 1.29 is 17.6 Å². The molecular formula is C25H31FN2O3S. The van der Waals surface area contributed by atoms with Crippen LogP contribution in [-0.4, -0.2) is 49.7 Å². The van der Waals surface area contributed by atoms with Crippen LogP contribution >= 0.6 is 0 Å². The minimum absolute atomic E-state index is 0.221. The topological polar surface area (TPSA) is 57.7 Å². The number of piperidine rings is 2. The summed E-state index contributed by atoms with van der Waals surface area (Å²) in [6.45, 7) is 2.08. The predicted molar refractivity (Wildman–Crippen MR) is 122 cm³/mol. The standard InChI is InChI=1S/C25H31FN2O3S/c26-23-12-11-22(19-24(23)32(30,31)28-15-5-2-6-16-28)25(29)27-17-13-21(14-18-27)10-9-20-7-3-1-4-8-20/h1,3-4,7-8,11-12,19,21H,2,5-6,9-10,13-18H2. The number of benzene rings is 2. The zero-order valence-electron chi connectivity index (χ0n) is 18.4. The molecule has 0 saturated carbocycles. The molecule has 0 unspecified atom stereocenters. The molecule has 0 spiro atoms. The van der Waals surface area contributed by atoms with E-state index in [0.717, 1.165) is 51.0 Å². The van der Waals surface area contributed by atoms with Crippen LogP contribution in [-0.2, 0) is 16.4 Å². The summed E-state index contributed by atoms with van der Waals surface area (Å²) in [6, 6.07) is 14.1. The van der Waals surface area contributed by atoms with Gasteiger partial charge in [0.2, 0.25) is 10.0 Å². The number of likely N-dealkylation sites (tertiary alicyclic amines) is 1. The number of rotatable bonds is 6. The summed E-state index contributed by atoms with van der Waals surface area (Å²) in [5.74, 6) is -0.448. The van der Waals surface area contributed by atoms with Gasteiger partial charge >= 0.3 is 0 Å². The maximum Gasteiger partial charge on any atom is 0.253 e. The molecule has 2 aromatic rings. The number of halogens is 1. The van der Waals surface area contributed by atoms with Crippen molar-refractivity contribution in [1.29, 1.82) is 0 Å². The van der Waals surface area contributed by atoms with Crippen molar-refractivity contribution in [3.05, 3.63) is 65.5 Å². The largest absolute Gasteiger partial charge is 0.339 e. The first kappa shape index (κ1) is 22.9. The molecule has 5 nitrogen and oxygen atoms in total. The van der Waals surface area contributed by atoms with Crippen molar-refractivity contribution in [2.75, 3.05) is 26.2 Å². The van der Waals surface area contributed by atoms with Crippen LogP contribution in [0.4, 0.5) is 4.39 Å². The van der Waals surface area contributed by atoms with Crippen LogP contribution in [0.15, 0.2) is 53.4 Å². The molecule has 4 rings (SSSR count). The average molecular weight is 459 g/mol. The van der Waals surface area contributed by atoms with E-state index in [-0.39, 0.29) is 16.4 Å². The fraction of sp³-hybridized carbons (Fsp3) is 0.480. The molecule has 0 aromatic heterocycles. The number of sulfonamides is 1. The van der Waals surface area contributed by atoms with Crippen molar-refractivity contribution in [2.24, 2.45) is 5.92 Å². The number of carbonyl (C=O) groups is 1. The summed E-state index contributed by atoms with van der Waals surface area (Å²) in [5, 5.41) is 0. The molecule has 0 bridgehead atoms. The third-order valence-corrected chi connectivity index (χ3v) is 8.61. The molecule has 1 amide bonds. The normalized spacial score (nSPS) is 18.6. The monoisotopic (exact) mass is 458 g/mol. The Morgan fingerprint density at radius 3 is 2.31 bits per heavy atom. The van der Waals surface area contributed by atoms with E-state index >= 15 is 0 Å². The van der Waals surface area contributed by atoms with Gasteiger partial charge in [0.15, 0.2) is 0 Å². The Bertz CT molecular complexity index is 1030. The molecule has 0 aliphatic carbocycles. The van der Waals surface area contributed by atoms with E-state index in [4.69, 9.17) is 0 Å². The van der Waals surface area contributed by atoms with Gasteiger partial charge in [-0.3, -0.25) is 4.79 Å². The van der Waals surface area contributed by atoms with Gasteiger partial charge in [-0.05, 0) is 68.2 Å². The summed E-state index contributed by atoms with van der Waals surface area (Å²) < 4.78 is 41.7. The van der Waals surface area contributed by atoms with E-state index in [2.05, 4.69) is 24.3 Å². The van der Waals surface area contributed by atoms with Crippen molar-refractivity contribution in [1.82, 2.24) is 9.21 Å². The lowest BCUT2D eigenvalue weighted by Gasteiger charge is -2.32. The average Bonchev–Trinajstić information content (AvgIpc) is 2.84. The molecule has 0 radical (unpaired) electrons. The maximum absolute atomic E-state index is 14.5. The van der Waals surface area contributed by atoms with Crippen LogP contribution in [0, 0.1) is 11.7 Å². The number of aryl methyl sites for hydroxylation is 1. The quantitative estimate of drug-likeness (QED) is 0.641. The van der Waals surface area contributed by atoms with E-state index in [1.807, 2.05) is 6.07 Å². The van der Waals surface area contributed by atoms with Crippen molar-refractivity contribution in [2.45, 2.75) is 49.8 Å². The lowest BCUT2D eigenvalue weighted by atomic mass is 9.90. The second kappa shape index (κ2) is 10.1. The number of carbonyl (C=O) groups excluding carboxylic acids is 1. The Balaban J connectivity index is 1.39. The fourth-order valence-electron chi connectivity index (χ4n) is 4.70. The van der Waals surface area contributed by atoms with Gasteiger partial charge in [-0.15, -0.1) is 0 Å². The highest BCUT2D eigenvalue weighted by Crippen LogP contribution is 2.27. The molecular weight excluding hydrogens is 427 g/mol. The van der Waals surface area contributed by atoms with E-state index in [1.165, 1.54) is 22.0 Å². The molecule has 7 heteroatoms. The summed E-state index contributed by atoms with van der Waals surface area (Å²) >= 11 is 0. The number of nitrogens with zero attached hydrogens (tertiary/aromatic N) is 2. The number of hydrogen-bond acceptors (Lipinski definition) is 3. The molecule has 2 saturated heterocycles. The van der Waals surface area contributed by atoms with Crippen LogP contribution in [0.1, 0.15) is 54.4 Å². The number of amides is 1. The highest BCUT2D eigenvalue weighted by molar-refractivity contribution is 7.89. The van der Waals surface area contributed by atoms with Gasteiger partial charge in [0.25, 0.3) is 5.91 Å². The third kappa shape index (κ3) is 5.21. The van der Waals surface area contributed by atoms with Crippen LogP contribution in [0.25, 0.3) is 0 Å². The molecule has 2 aliphatic heterocycles. The molecule has 172 valence electrons. The van der Waals surface area contributed by atoms with Crippen molar-refractivity contribution in [3.63, 3.8) is 0 Å². The minimum Gasteiger partial charge on any atom is -0.339 e.